The Morgan fingerprint density at radius 1 is 1.07 bits per heavy atom. The maximum Gasteiger partial charge on any atom is 0.224 e. The molecule has 1 heterocycles. The van der Waals surface area contributed by atoms with E-state index in [1.807, 2.05) is 13.0 Å². The first kappa shape index (κ1) is 23.3. The van der Waals surface area contributed by atoms with Crippen LogP contribution in [0.1, 0.15) is 34.7 Å². The van der Waals surface area contributed by atoms with Gasteiger partial charge in [0.1, 0.15) is 24.4 Å². The lowest BCUT2D eigenvalue weighted by atomic mass is 9.86. The van der Waals surface area contributed by atoms with E-state index in [2.05, 4.69) is 47.1 Å². The monoisotopic (exact) mass is 480 g/mol. The van der Waals surface area contributed by atoms with Crippen molar-refractivity contribution in [2.45, 2.75) is 56.9 Å². The number of benzene rings is 2. The number of methoxy groups -OCH3 is 1. The fourth-order valence-electron chi connectivity index (χ4n) is 3.90. The second kappa shape index (κ2) is 9.44. The standard InChI is InChI=1S/C23H29BrO6/c1-4-14-5-7-15(8-6-14)9-16-10-17(11-18(24)13(16)2)23(29-3)22(28)21(27)20(26)19(12-25)30-23/h5-8,10-11,19-22,25-28H,4,9,12H2,1-3H3/t19?,20-,21+,22-,23?/m1/s1. The molecule has 0 bridgehead atoms. The maximum atomic E-state index is 10.8. The van der Waals surface area contributed by atoms with Crippen LogP contribution in [0.5, 0.6) is 0 Å². The lowest BCUT2D eigenvalue weighted by Crippen LogP contribution is -2.64. The van der Waals surface area contributed by atoms with Crippen LogP contribution in [0.3, 0.4) is 0 Å². The van der Waals surface area contributed by atoms with Crippen molar-refractivity contribution in [2.24, 2.45) is 0 Å². The van der Waals surface area contributed by atoms with Gasteiger partial charge < -0.3 is 29.9 Å². The molecule has 5 atom stereocenters. The highest BCUT2D eigenvalue weighted by Gasteiger charge is 2.55. The zero-order valence-corrected chi connectivity index (χ0v) is 19.0. The Kier molecular flexibility index (Phi) is 7.35. The molecule has 0 aromatic heterocycles. The lowest BCUT2D eigenvalue weighted by molar-refractivity contribution is -0.366. The molecule has 1 aliphatic rings. The quantitative estimate of drug-likeness (QED) is 0.505. The summed E-state index contributed by atoms with van der Waals surface area (Å²) in [7, 11) is 1.36. The number of rotatable bonds is 6. The molecule has 1 saturated heterocycles. The van der Waals surface area contributed by atoms with Gasteiger partial charge in [-0.25, -0.2) is 0 Å². The summed E-state index contributed by atoms with van der Waals surface area (Å²) in [6, 6.07) is 12.1. The second-order valence-electron chi connectivity index (χ2n) is 7.73. The Labute approximate surface area is 185 Å². The first-order valence-corrected chi connectivity index (χ1v) is 10.8. The second-order valence-corrected chi connectivity index (χ2v) is 8.58. The highest BCUT2D eigenvalue weighted by molar-refractivity contribution is 9.10. The summed E-state index contributed by atoms with van der Waals surface area (Å²) in [5.41, 5.74) is 4.93. The van der Waals surface area contributed by atoms with Crippen molar-refractivity contribution in [3.05, 3.63) is 68.7 Å². The molecular weight excluding hydrogens is 452 g/mol. The largest absolute Gasteiger partial charge is 0.394 e. The van der Waals surface area contributed by atoms with Crippen LogP contribution in [0.4, 0.5) is 0 Å². The van der Waals surface area contributed by atoms with Gasteiger partial charge in [-0.3, -0.25) is 0 Å². The molecule has 6 nitrogen and oxygen atoms in total. The Morgan fingerprint density at radius 3 is 2.27 bits per heavy atom. The van der Waals surface area contributed by atoms with Gasteiger partial charge in [0.2, 0.25) is 5.79 Å². The van der Waals surface area contributed by atoms with Gasteiger partial charge >= 0.3 is 0 Å². The van der Waals surface area contributed by atoms with E-state index in [9.17, 15) is 20.4 Å². The summed E-state index contributed by atoms with van der Waals surface area (Å²) in [4.78, 5) is 0. The maximum absolute atomic E-state index is 10.8. The lowest BCUT2D eigenvalue weighted by Gasteiger charge is -2.47. The van der Waals surface area contributed by atoms with Gasteiger partial charge in [-0.15, -0.1) is 0 Å². The van der Waals surface area contributed by atoms with Crippen LogP contribution in [0.25, 0.3) is 0 Å². The van der Waals surface area contributed by atoms with E-state index in [-0.39, 0.29) is 0 Å². The predicted molar refractivity (Wildman–Crippen MR) is 116 cm³/mol. The van der Waals surface area contributed by atoms with Crippen molar-refractivity contribution >= 4 is 15.9 Å². The van der Waals surface area contributed by atoms with Gasteiger partial charge in [-0.05, 0) is 54.2 Å². The zero-order valence-electron chi connectivity index (χ0n) is 17.4. The van der Waals surface area contributed by atoms with Crippen LogP contribution in [0.15, 0.2) is 40.9 Å². The summed E-state index contributed by atoms with van der Waals surface area (Å²) in [5.74, 6) is -1.73. The average Bonchev–Trinajstić information content (AvgIpc) is 2.76. The highest BCUT2D eigenvalue weighted by atomic mass is 79.9. The van der Waals surface area contributed by atoms with Crippen LogP contribution in [-0.4, -0.2) is 58.6 Å². The SMILES string of the molecule is CCc1ccc(Cc2cc(C3(OC)OC(CO)[C@@H](O)[C@H](O)[C@H]3O)cc(Br)c2C)cc1. The number of aliphatic hydroxyl groups excluding tert-OH is 4. The van der Waals surface area contributed by atoms with Gasteiger partial charge in [0.05, 0.1) is 6.61 Å². The van der Waals surface area contributed by atoms with Gasteiger partial charge in [0.25, 0.3) is 0 Å². The summed E-state index contributed by atoms with van der Waals surface area (Å²) < 4.78 is 12.2. The number of ether oxygens (including phenoxy) is 2. The highest BCUT2D eigenvalue weighted by Crippen LogP contribution is 2.41. The molecule has 0 spiro atoms. The van der Waals surface area contributed by atoms with Crippen LogP contribution in [0.2, 0.25) is 0 Å². The third kappa shape index (κ3) is 4.21. The van der Waals surface area contributed by atoms with Gasteiger partial charge in [0.15, 0.2) is 0 Å². The average molecular weight is 481 g/mol. The van der Waals surface area contributed by atoms with E-state index < -0.39 is 36.8 Å². The van der Waals surface area contributed by atoms with E-state index in [1.165, 1.54) is 12.7 Å². The van der Waals surface area contributed by atoms with Crippen LogP contribution < -0.4 is 0 Å². The summed E-state index contributed by atoms with van der Waals surface area (Å²) >= 11 is 3.58. The summed E-state index contributed by atoms with van der Waals surface area (Å²) in [6.07, 6.45) is -3.99. The van der Waals surface area contributed by atoms with Crippen molar-refractivity contribution in [1.82, 2.24) is 0 Å². The van der Waals surface area contributed by atoms with Crippen molar-refractivity contribution in [1.29, 1.82) is 0 Å². The van der Waals surface area contributed by atoms with E-state index in [4.69, 9.17) is 9.47 Å². The van der Waals surface area contributed by atoms with Crippen LogP contribution in [0, 0.1) is 6.92 Å². The number of halogens is 1. The molecular formula is C23H29BrO6. The molecule has 1 fully saturated rings. The molecule has 30 heavy (non-hydrogen) atoms. The third-order valence-corrected chi connectivity index (χ3v) is 6.76. The number of aliphatic hydroxyl groups is 4. The van der Waals surface area contributed by atoms with Crippen molar-refractivity contribution in [3.8, 4) is 0 Å². The number of hydrogen-bond acceptors (Lipinski definition) is 6. The van der Waals surface area contributed by atoms with Gasteiger partial charge in [0, 0.05) is 17.1 Å². The number of aryl methyl sites for hydroxylation is 1. The van der Waals surface area contributed by atoms with Crippen LogP contribution >= 0.6 is 15.9 Å². The minimum Gasteiger partial charge on any atom is -0.394 e. The molecule has 0 amide bonds. The Bertz CT molecular complexity index is 869. The predicted octanol–water partition coefficient (Wildman–Crippen LogP) is 2.18. The molecule has 0 aliphatic carbocycles. The van der Waals surface area contributed by atoms with E-state index in [1.54, 1.807) is 6.07 Å². The first-order valence-electron chi connectivity index (χ1n) is 10.0. The fourth-order valence-corrected chi connectivity index (χ4v) is 4.40. The van der Waals surface area contributed by atoms with Gasteiger partial charge in [-0.1, -0.05) is 47.1 Å². The molecule has 0 saturated carbocycles. The molecule has 3 rings (SSSR count). The van der Waals surface area contributed by atoms with E-state index in [0.29, 0.717) is 12.0 Å². The smallest absolute Gasteiger partial charge is 0.224 e. The molecule has 2 aromatic carbocycles. The molecule has 1 aliphatic heterocycles. The van der Waals surface area contributed by atoms with Gasteiger partial charge in [-0.2, -0.15) is 0 Å². The molecule has 7 heteroatoms. The van der Waals surface area contributed by atoms with Crippen molar-refractivity contribution < 1.29 is 29.9 Å². The summed E-state index contributed by atoms with van der Waals surface area (Å²) in [6.45, 7) is 3.58. The van der Waals surface area contributed by atoms with E-state index >= 15 is 0 Å². The third-order valence-electron chi connectivity index (χ3n) is 5.93. The molecule has 0 radical (unpaired) electrons. The first-order chi connectivity index (χ1) is 14.3. The molecule has 164 valence electrons. The molecule has 2 aromatic rings. The van der Waals surface area contributed by atoms with Crippen molar-refractivity contribution in [2.75, 3.05) is 13.7 Å². The molecule has 4 N–H and O–H groups in total. The minimum atomic E-state index is -1.73. The van der Waals surface area contributed by atoms with E-state index in [0.717, 1.165) is 27.6 Å². The fraction of sp³-hybridized carbons (Fsp3) is 0.478. The normalized spacial score (nSPS) is 29.2. The number of hydrogen-bond donors (Lipinski definition) is 4. The van der Waals surface area contributed by atoms with Crippen LogP contribution in [-0.2, 0) is 28.1 Å². The minimum absolute atomic E-state index is 0.486. The zero-order chi connectivity index (χ0) is 22.1. The Hall–Kier alpha value is -1.32. The molecule has 2 unspecified atom stereocenters. The van der Waals surface area contributed by atoms with Crippen molar-refractivity contribution in [3.63, 3.8) is 0 Å². The Morgan fingerprint density at radius 2 is 1.70 bits per heavy atom. The Balaban J connectivity index is 2.03. The topological polar surface area (TPSA) is 99.4 Å². The summed E-state index contributed by atoms with van der Waals surface area (Å²) in [5, 5.41) is 40.8.